The van der Waals surface area contributed by atoms with Crippen molar-refractivity contribution in [1.82, 2.24) is 0 Å². The number of hydrogen-bond donors (Lipinski definition) is 1. The third kappa shape index (κ3) is 2.24. The maximum absolute atomic E-state index is 10.6. The summed E-state index contributed by atoms with van der Waals surface area (Å²) < 4.78 is 5.64. The summed E-state index contributed by atoms with van der Waals surface area (Å²) in [4.78, 5) is 10.6. The zero-order valence-corrected chi connectivity index (χ0v) is 9.19. The van der Waals surface area contributed by atoms with Crippen LogP contribution in [0.2, 0.25) is 0 Å². The summed E-state index contributed by atoms with van der Waals surface area (Å²) in [6, 6.07) is 7.57. The summed E-state index contributed by atoms with van der Waals surface area (Å²) in [5.41, 5.74) is 1.56. The molecule has 84 valence electrons. The molecule has 3 heteroatoms. The maximum Gasteiger partial charge on any atom is 0.307 e. The van der Waals surface area contributed by atoms with Crippen LogP contribution >= 0.6 is 0 Å². The molecule has 0 aliphatic rings. The smallest absolute Gasteiger partial charge is 0.307 e. The van der Waals surface area contributed by atoms with Crippen LogP contribution < -0.4 is 0 Å². The molecule has 0 saturated heterocycles. The lowest BCUT2D eigenvalue weighted by molar-refractivity contribution is -0.136. The van der Waals surface area contributed by atoms with Crippen LogP contribution in [-0.2, 0) is 17.6 Å². The quantitative estimate of drug-likeness (QED) is 0.858. The minimum absolute atomic E-state index is 0.0414. The fraction of sp³-hybridized carbons (Fsp3) is 0.308. The lowest BCUT2D eigenvalue weighted by Crippen LogP contribution is -1.99. The molecule has 0 amide bonds. The van der Waals surface area contributed by atoms with Gasteiger partial charge in [0.05, 0.1) is 6.42 Å². The highest BCUT2D eigenvalue weighted by atomic mass is 16.4. The van der Waals surface area contributed by atoms with Gasteiger partial charge < -0.3 is 9.52 Å². The third-order valence-electron chi connectivity index (χ3n) is 2.49. The van der Waals surface area contributed by atoms with Gasteiger partial charge in [-0.15, -0.1) is 0 Å². The number of carboxylic acid groups (broad SMARTS) is 1. The molecule has 0 spiro atoms. The fourth-order valence-electron chi connectivity index (χ4n) is 1.78. The first kappa shape index (κ1) is 10.7. The van der Waals surface area contributed by atoms with Crippen molar-refractivity contribution in [3.05, 3.63) is 35.6 Å². The SMILES string of the molecule is CCCc1cc2ccc(CC(=O)O)cc2o1. The van der Waals surface area contributed by atoms with Gasteiger partial charge in [-0.25, -0.2) is 0 Å². The van der Waals surface area contributed by atoms with E-state index in [1.807, 2.05) is 24.3 Å². The number of aliphatic carboxylic acids is 1. The Hall–Kier alpha value is -1.77. The van der Waals surface area contributed by atoms with Crippen LogP contribution in [0.4, 0.5) is 0 Å². The summed E-state index contributed by atoms with van der Waals surface area (Å²) in [7, 11) is 0. The molecule has 0 bridgehead atoms. The molecular weight excluding hydrogens is 204 g/mol. The Bertz CT molecular complexity index is 511. The number of benzene rings is 1. The van der Waals surface area contributed by atoms with Crippen LogP contribution in [0.15, 0.2) is 28.7 Å². The molecular formula is C13H14O3. The van der Waals surface area contributed by atoms with Gasteiger partial charge in [-0.1, -0.05) is 19.1 Å². The zero-order valence-electron chi connectivity index (χ0n) is 9.19. The highest BCUT2D eigenvalue weighted by Gasteiger charge is 2.06. The Morgan fingerprint density at radius 1 is 1.38 bits per heavy atom. The van der Waals surface area contributed by atoms with Gasteiger partial charge >= 0.3 is 5.97 Å². The predicted octanol–water partition coefficient (Wildman–Crippen LogP) is 3.01. The van der Waals surface area contributed by atoms with E-state index in [0.29, 0.717) is 0 Å². The lowest BCUT2D eigenvalue weighted by Gasteiger charge is -1.95. The molecule has 2 rings (SSSR count). The lowest BCUT2D eigenvalue weighted by atomic mass is 10.1. The number of fused-ring (bicyclic) bond motifs is 1. The topological polar surface area (TPSA) is 50.4 Å². The van der Waals surface area contributed by atoms with E-state index in [4.69, 9.17) is 9.52 Å². The van der Waals surface area contributed by atoms with Crippen molar-refractivity contribution in [3.8, 4) is 0 Å². The molecule has 1 aromatic carbocycles. The number of carboxylic acids is 1. The van der Waals surface area contributed by atoms with E-state index in [2.05, 4.69) is 6.92 Å². The second-order valence-electron chi connectivity index (χ2n) is 3.91. The minimum Gasteiger partial charge on any atom is -0.481 e. The Balaban J connectivity index is 2.33. The van der Waals surface area contributed by atoms with Crippen molar-refractivity contribution < 1.29 is 14.3 Å². The number of furan rings is 1. The average Bonchev–Trinajstić information content (AvgIpc) is 2.59. The van der Waals surface area contributed by atoms with Crippen molar-refractivity contribution in [2.45, 2.75) is 26.2 Å². The molecule has 16 heavy (non-hydrogen) atoms. The minimum atomic E-state index is -0.820. The van der Waals surface area contributed by atoms with Crippen LogP contribution in [-0.4, -0.2) is 11.1 Å². The summed E-state index contributed by atoms with van der Waals surface area (Å²) in [6.45, 7) is 2.10. The monoisotopic (exact) mass is 218 g/mol. The van der Waals surface area contributed by atoms with Gasteiger partial charge in [-0.2, -0.15) is 0 Å². The molecule has 1 heterocycles. The highest BCUT2D eigenvalue weighted by Crippen LogP contribution is 2.21. The standard InChI is InChI=1S/C13H14O3/c1-2-3-11-8-10-5-4-9(7-13(14)15)6-12(10)16-11/h4-6,8H,2-3,7H2,1H3,(H,14,15). The van der Waals surface area contributed by atoms with Crippen LogP contribution in [0.3, 0.4) is 0 Å². The van der Waals surface area contributed by atoms with Crippen LogP contribution in [0, 0.1) is 0 Å². The molecule has 0 fully saturated rings. The van der Waals surface area contributed by atoms with Gasteiger partial charge in [0.2, 0.25) is 0 Å². The number of hydrogen-bond acceptors (Lipinski definition) is 2. The van der Waals surface area contributed by atoms with Gasteiger partial charge in [0.1, 0.15) is 11.3 Å². The van der Waals surface area contributed by atoms with Gasteiger partial charge in [-0.3, -0.25) is 4.79 Å². The van der Waals surface area contributed by atoms with E-state index in [0.717, 1.165) is 35.1 Å². The third-order valence-corrected chi connectivity index (χ3v) is 2.49. The Labute approximate surface area is 93.7 Å². The highest BCUT2D eigenvalue weighted by molar-refractivity contribution is 5.80. The van der Waals surface area contributed by atoms with Gasteiger partial charge in [-0.05, 0) is 24.1 Å². The Morgan fingerprint density at radius 3 is 2.88 bits per heavy atom. The van der Waals surface area contributed by atoms with Crippen LogP contribution in [0.25, 0.3) is 11.0 Å². The molecule has 0 saturated carbocycles. The second-order valence-corrected chi connectivity index (χ2v) is 3.91. The molecule has 0 radical (unpaired) electrons. The number of carbonyl (C=O) groups is 1. The van der Waals surface area contributed by atoms with E-state index in [1.54, 1.807) is 0 Å². The number of rotatable bonds is 4. The Morgan fingerprint density at radius 2 is 2.19 bits per heavy atom. The summed E-state index contributed by atoms with van der Waals surface area (Å²) in [5, 5.41) is 9.74. The summed E-state index contributed by atoms with van der Waals surface area (Å²) >= 11 is 0. The zero-order chi connectivity index (χ0) is 11.5. The predicted molar refractivity (Wildman–Crippen MR) is 61.5 cm³/mol. The first-order chi connectivity index (χ1) is 7.69. The summed E-state index contributed by atoms with van der Waals surface area (Å²) in [6.07, 6.45) is 2.00. The maximum atomic E-state index is 10.6. The van der Waals surface area contributed by atoms with E-state index in [-0.39, 0.29) is 6.42 Å². The van der Waals surface area contributed by atoms with Gasteiger partial charge in [0.15, 0.2) is 0 Å². The van der Waals surface area contributed by atoms with E-state index >= 15 is 0 Å². The van der Waals surface area contributed by atoms with Crippen LogP contribution in [0.5, 0.6) is 0 Å². The molecule has 0 aliphatic carbocycles. The molecule has 2 aromatic rings. The average molecular weight is 218 g/mol. The number of aryl methyl sites for hydroxylation is 1. The Kier molecular flexibility index (Phi) is 2.95. The van der Waals surface area contributed by atoms with Crippen molar-refractivity contribution >= 4 is 16.9 Å². The van der Waals surface area contributed by atoms with E-state index < -0.39 is 5.97 Å². The molecule has 0 aliphatic heterocycles. The van der Waals surface area contributed by atoms with Gasteiger partial charge in [0, 0.05) is 11.8 Å². The molecule has 1 aromatic heterocycles. The molecule has 0 atom stereocenters. The van der Waals surface area contributed by atoms with Crippen molar-refractivity contribution in [3.63, 3.8) is 0 Å². The van der Waals surface area contributed by atoms with Gasteiger partial charge in [0.25, 0.3) is 0 Å². The van der Waals surface area contributed by atoms with Crippen molar-refractivity contribution in [2.75, 3.05) is 0 Å². The largest absolute Gasteiger partial charge is 0.481 e. The normalized spacial score (nSPS) is 10.8. The second kappa shape index (κ2) is 4.39. The van der Waals surface area contributed by atoms with Crippen molar-refractivity contribution in [1.29, 1.82) is 0 Å². The molecule has 1 N–H and O–H groups in total. The first-order valence-electron chi connectivity index (χ1n) is 5.42. The molecule has 3 nitrogen and oxygen atoms in total. The van der Waals surface area contributed by atoms with E-state index in [1.165, 1.54) is 0 Å². The summed E-state index contributed by atoms with van der Waals surface area (Å²) in [5.74, 6) is 0.143. The fourth-order valence-corrected chi connectivity index (χ4v) is 1.78. The molecule has 0 unspecified atom stereocenters. The van der Waals surface area contributed by atoms with E-state index in [9.17, 15) is 4.79 Å². The van der Waals surface area contributed by atoms with Crippen LogP contribution in [0.1, 0.15) is 24.7 Å². The first-order valence-corrected chi connectivity index (χ1v) is 5.42. The van der Waals surface area contributed by atoms with Crippen molar-refractivity contribution in [2.24, 2.45) is 0 Å².